The fraction of sp³-hybridized carbons (Fsp3) is 0.143. The van der Waals surface area contributed by atoms with Gasteiger partial charge in [-0.1, -0.05) is 30.4 Å². The van der Waals surface area contributed by atoms with Crippen LogP contribution in [0.4, 0.5) is 0 Å². The van der Waals surface area contributed by atoms with Crippen LogP contribution in [0.1, 0.15) is 11.3 Å². The van der Waals surface area contributed by atoms with E-state index in [1.165, 1.54) is 0 Å². The molecule has 0 saturated heterocycles. The van der Waals surface area contributed by atoms with E-state index in [4.69, 9.17) is 22.7 Å². The molecule has 4 heteroatoms. The Morgan fingerprint density at radius 3 is 2.67 bits per heavy atom. The largest absolute Gasteiger partial charge is 0.492 e. The first-order valence-electron chi connectivity index (χ1n) is 5.69. The van der Waals surface area contributed by atoms with Crippen LogP contribution < -0.4 is 10.5 Å². The maximum atomic E-state index is 5.69. The number of hydrogen-bond donors (Lipinski definition) is 1. The highest BCUT2D eigenvalue weighted by molar-refractivity contribution is 7.80. The van der Waals surface area contributed by atoms with Crippen molar-refractivity contribution in [1.82, 2.24) is 4.98 Å². The van der Waals surface area contributed by atoms with Crippen LogP contribution in [0.15, 0.2) is 48.7 Å². The van der Waals surface area contributed by atoms with E-state index in [0.29, 0.717) is 11.6 Å². The third kappa shape index (κ3) is 3.28. The number of thiocarbonyl (C=S) groups is 1. The molecule has 1 aromatic carbocycles. The van der Waals surface area contributed by atoms with Crippen LogP contribution in [0.5, 0.6) is 5.75 Å². The predicted molar refractivity (Wildman–Crippen MR) is 75.8 cm³/mol. The highest BCUT2D eigenvalue weighted by Gasteiger charge is 2.05. The highest BCUT2D eigenvalue weighted by Crippen LogP contribution is 2.17. The number of nitrogens with two attached hydrogens (primary N) is 1. The molecule has 92 valence electrons. The van der Waals surface area contributed by atoms with Crippen molar-refractivity contribution < 1.29 is 4.74 Å². The number of ether oxygens (including phenoxy) is 1. The van der Waals surface area contributed by atoms with Crippen LogP contribution >= 0.6 is 12.2 Å². The van der Waals surface area contributed by atoms with Crippen molar-refractivity contribution in [3.63, 3.8) is 0 Å². The van der Waals surface area contributed by atoms with Gasteiger partial charge in [0.1, 0.15) is 10.7 Å². The van der Waals surface area contributed by atoms with Gasteiger partial charge in [0, 0.05) is 18.3 Å². The molecule has 2 aromatic rings. The molecule has 0 aliphatic carbocycles. The predicted octanol–water partition coefficient (Wildman–Crippen LogP) is 2.34. The summed E-state index contributed by atoms with van der Waals surface area (Å²) < 4.78 is 5.69. The van der Waals surface area contributed by atoms with Gasteiger partial charge in [-0.2, -0.15) is 0 Å². The number of hydrogen-bond acceptors (Lipinski definition) is 3. The number of para-hydroxylation sites is 1. The van der Waals surface area contributed by atoms with Gasteiger partial charge in [-0.3, -0.25) is 4.98 Å². The monoisotopic (exact) mass is 258 g/mol. The van der Waals surface area contributed by atoms with Crippen LogP contribution in [0.25, 0.3) is 0 Å². The maximum absolute atomic E-state index is 5.69. The van der Waals surface area contributed by atoms with E-state index in [1.807, 2.05) is 42.5 Å². The molecule has 0 aliphatic rings. The summed E-state index contributed by atoms with van der Waals surface area (Å²) in [5.74, 6) is 0.723. The summed E-state index contributed by atoms with van der Waals surface area (Å²) in [4.78, 5) is 4.59. The standard InChI is InChI=1S/C14H14N2OS/c15-14(18)12-6-1-2-7-13(12)17-10-8-11-5-3-4-9-16-11/h1-7,9H,8,10H2,(H2,15,18). The Labute approximate surface area is 112 Å². The van der Waals surface area contributed by atoms with E-state index in [2.05, 4.69) is 4.98 Å². The Morgan fingerprint density at radius 1 is 1.17 bits per heavy atom. The molecule has 0 atom stereocenters. The number of rotatable bonds is 5. The van der Waals surface area contributed by atoms with Gasteiger partial charge in [0.15, 0.2) is 0 Å². The Morgan fingerprint density at radius 2 is 1.94 bits per heavy atom. The van der Waals surface area contributed by atoms with Gasteiger partial charge in [-0.15, -0.1) is 0 Å². The van der Waals surface area contributed by atoms with Gasteiger partial charge in [-0.25, -0.2) is 0 Å². The van der Waals surface area contributed by atoms with Gasteiger partial charge < -0.3 is 10.5 Å². The highest BCUT2D eigenvalue weighted by atomic mass is 32.1. The fourth-order valence-electron chi connectivity index (χ4n) is 1.61. The molecule has 0 aliphatic heterocycles. The molecule has 0 bridgehead atoms. The molecular weight excluding hydrogens is 244 g/mol. The van der Waals surface area contributed by atoms with E-state index >= 15 is 0 Å². The third-order valence-corrected chi connectivity index (χ3v) is 2.71. The molecule has 3 nitrogen and oxygen atoms in total. The second-order valence-electron chi connectivity index (χ2n) is 3.78. The van der Waals surface area contributed by atoms with Crippen molar-refractivity contribution in [1.29, 1.82) is 0 Å². The van der Waals surface area contributed by atoms with Gasteiger partial charge in [-0.05, 0) is 24.3 Å². The van der Waals surface area contributed by atoms with Crippen LogP contribution in [0, 0.1) is 0 Å². The molecule has 0 saturated carbocycles. The first-order chi connectivity index (χ1) is 8.77. The smallest absolute Gasteiger partial charge is 0.129 e. The Hall–Kier alpha value is -1.94. The molecule has 0 unspecified atom stereocenters. The third-order valence-electron chi connectivity index (χ3n) is 2.49. The van der Waals surface area contributed by atoms with Crippen molar-refractivity contribution >= 4 is 17.2 Å². The van der Waals surface area contributed by atoms with Crippen LogP contribution in [0.3, 0.4) is 0 Å². The van der Waals surface area contributed by atoms with Crippen molar-refractivity contribution in [3.8, 4) is 5.75 Å². The topological polar surface area (TPSA) is 48.1 Å². The minimum absolute atomic E-state index is 0.350. The summed E-state index contributed by atoms with van der Waals surface area (Å²) in [6.07, 6.45) is 2.53. The Balaban J connectivity index is 1.97. The zero-order valence-electron chi connectivity index (χ0n) is 9.87. The van der Waals surface area contributed by atoms with Gasteiger partial charge >= 0.3 is 0 Å². The summed E-state index contributed by atoms with van der Waals surface area (Å²) in [6, 6.07) is 13.4. The number of nitrogens with zero attached hydrogens (tertiary/aromatic N) is 1. The molecule has 1 aromatic heterocycles. The van der Waals surface area contributed by atoms with Crippen molar-refractivity contribution in [2.45, 2.75) is 6.42 Å². The second kappa shape index (κ2) is 6.12. The van der Waals surface area contributed by atoms with E-state index < -0.39 is 0 Å². The van der Waals surface area contributed by atoms with Crippen LogP contribution in [0.2, 0.25) is 0 Å². The molecule has 1 heterocycles. The van der Waals surface area contributed by atoms with E-state index in [9.17, 15) is 0 Å². The normalized spacial score (nSPS) is 10.0. The van der Waals surface area contributed by atoms with E-state index in [1.54, 1.807) is 6.20 Å². The summed E-state index contributed by atoms with van der Waals surface area (Å²) >= 11 is 4.98. The number of pyridine rings is 1. The van der Waals surface area contributed by atoms with E-state index in [-0.39, 0.29) is 0 Å². The van der Waals surface area contributed by atoms with Crippen molar-refractivity contribution in [3.05, 3.63) is 59.9 Å². The molecule has 0 amide bonds. The van der Waals surface area contributed by atoms with Gasteiger partial charge in [0.05, 0.1) is 12.2 Å². The van der Waals surface area contributed by atoms with Gasteiger partial charge in [0.25, 0.3) is 0 Å². The average Bonchev–Trinajstić information content (AvgIpc) is 2.40. The molecular formula is C14H14N2OS. The summed E-state index contributed by atoms with van der Waals surface area (Å²) in [6.45, 7) is 0.552. The maximum Gasteiger partial charge on any atom is 0.129 e. The van der Waals surface area contributed by atoms with Crippen LogP contribution in [-0.4, -0.2) is 16.6 Å². The average molecular weight is 258 g/mol. The Kier molecular flexibility index (Phi) is 4.25. The van der Waals surface area contributed by atoms with Crippen molar-refractivity contribution in [2.75, 3.05) is 6.61 Å². The summed E-state index contributed by atoms with van der Waals surface area (Å²) in [7, 11) is 0. The second-order valence-corrected chi connectivity index (χ2v) is 4.22. The zero-order chi connectivity index (χ0) is 12.8. The number of aromatic nitrogens is 1. The molecule has 18 heavy (non-hydrogen) atoms. The lowest BCUT2D eigenvalue weighted by Crippen LogP contribution is -2.12. The lowest BCUT2D eigenvalue weighted by molar-refractivity contribution is 0.320. The fourth-order valence-corrected chi connectivity index (χ4v) is 1.78. The molecule has 0 radical (unpaired) electrons. The lowest BCUT2D eigenvalue weighted by Gasteiger charge is -2.10. The quantitative estimate of drug-likeness (QED) is 0.836. The summed E-state index contributed by atoms with van der Waals surface area (Å²) in [5.41, 5.74) is 7.41. The van der Waals surface area contributed by atoms with E-state index in [0.717, 1.165) is 23.4 Å². The molecule has 2 N–H and O–H groups in total. The van der Waals surface area contributed by atoms with Crippen molar-refractivity contribution in [2.24, 2.45) is 5.73 Å². The lowest BCUT2D eigenvalue weighted by atomic mass is 10.2. The first-order valence-corrected chi connectivity index (χ1v) is 6.10. The zero-order valence-corrected chi connectivity index (χ0v) is 10.7. The minimum atomic E-state index is 0.350. The SMILES string of the molecule is NC(=S)c1ccccc1OCCc1ccccn1. The Bertz CT molecular complexity index is 528. The molecule has 0 spiro atoms. The van der Waals surface area contributed by atoms with Gasteiger partial charge in [0.2, 0.25) is 0 Å². The molecule has 2 rings (SSSR count). The summed E-state index contributed by atoms with van der Waals surface area (Å²) in [5, 5.41) is 0. The number of benzene rings is 1. The first kappa shape index (κ1) is 12.5. The van der Waals surface area contributed by atoms with Crippen LogP contribution in [-0.2, 0) is 6.42 Å². The minimum Gasteiger partial charge on any atom is -0.492 e. The molecule has 0 fully saturated rings.